The average Bonchev–Trinajstić information content (AvgIpc) is 2.37. The van der Waals surface area contributed by atoms with Crippen molar-refractivity contribution in [2.75, 3.05) is 13.2 Å². The van der Waals surface area contributed by atoms with Gasteiger partial charge >= 0.3 is 5.97 Å². The predicted molar refractivity (Wildman–Crippen MR) is 76.2 cm³/mol. The zero-order valence-corrected chi connectivity index (χ0v) is 12.5. The van der Waals surface area contributed by atoms with Crippen LogP contribution in [0.25, 0.3) is 4.85 Å². The fourth-order valence-electron chi connectivity index (χ4n) is 0.712. The van der Waals surface area contributed by atoms with Crippen molar-refractivity contribution < 1.29 is 9.53 Å². The lowest BCUT2D eigenvalue weighted by molar-refractivity contribution is -0.140. The molecule has 0 aliphatic heterocycles. The first kappa shape index (κ1) is 19.0. The number of nitrogens with zero attached hydrogens (tertiary/aromatic N) is 1. The van der Waals surface area contributed by atoms with Gasteiger partial charge in [-0.1, -0.05) is 41.2 Å². The highest BCUT2D eigenvalue weighted by Gasteiger charge is 2.16. The van der Waals surface area contributed by atoms with Crippen LogP contribution >= 0.6 is 0 Å². The van der Waals surface area contributed by atoms with E-state index in [1.807, 2.05) is 0 Å². The van der Waals surface area contributed by atoms with Crippen molar-refractivity contribution in [2.24, 2.45) is 11.3 Å². The normalized spacial score (nSPS) is 11.6. The van der Waals surface area contributed by atoms with Crippen molar-refractivity contribution in [1.29, 1.82) is 0 Å². The van der Waals surface area contributed by atoms with Gasteiger partial charge in [0.25, 0.3) is 0 Å². The molecular weight excluding hydrogens is 226 g/mol. The van der Waals surface area contributed by atoms with Crippen molar-refractivity contribution >= 4 is 5.97 Å². The molecule has 0 bridgehead atoms. The third-order valence-corrected chi connectivity index (χ3v) is 2.83. The molecule has 0 aliphatic rings. The van der Waals surface area contributed by atoms with Gasteiger partial charge in [0, 0.05) is 12.0 Å². The van der Waals surface area contributed by atoms with E-state index in [1.165, 1.54) is 6.08 Å². The summed E-state index contributed by atoms with van der Waals surface area (Å²) in [5, 5.41) is 0. The number of carbonyl (C=O) groups excluding carboxylic acids is 1. The van der Waals surface area contributed by atoms with Crippen LogP contribution < -0.4 is 0 Å². The van der Waals surface area contributed by atoms with Crippen LogP contribution in [0, 0.1) is 17.9 Å². The third kappa shape index (κ3) is 12.8. The largest absolute Gasteiger partial charge is 0.462 e. The Morgan fingerprint density at radius 2 is 2.06 bits per heavy atom. The molecule has 0 saturated carbocycles. The van der Waals surface area contributed by atoms with Crippen molar-refractivity contribution in [3.63, 3.8) is 0 Å². The van der Waals surface area contributed by atoms with E-state index < -0.39 is 0 Å². The molecule has 104 valence electrons. The van der Waals surface area contributed by atoms with Crippen LogP contribution in [-0.4, -0.2) is 19.1 Å². The van der Waals surface area contributed by atoms with Gasteiger partial charge in [-0.15, -0.1) is 0 Å². The van der Waals surface area contributed by atoms with Crippen molar-refractivity contribution in [3.8, 4) is 0 Å². The molecule has 0 N–H and O–H groups in total. The molecule has 0 fully saturated rings. The summed E-state index contributed by atoms with van der Waals surface area (Å²) in [6.07, 6.45) is 3.31. The van der Waals surface area contributed by atoms with E-state index in [-0.39, 0.29) is 11.4 Å². The molecule has 0 amide bonds. The van der Waals surface area contributed by atoms with Crippen molar-refractivity contribution in [3.05, 3.63) is 24.1 Å². The molecule has 0 spiro atoms. The second-order valence-electron chi connectivity index (χ2n) is 5.18. The van der Waals surface area contributed by atoms with E-state index in [1.54, 1.807) is 0 Å². The molecule has 0 aliphatic carbocycles. The molecule has 1 atom stereocenters. The van der Waals surface area contributed by atoms with Gasteiger partial charge in [0.1, 0.15) is 0 Å². The van der Waals surface area contributed by atoms with E-state index >= 15 is 0 Å². The van der Waals surface area contributed by atoms with Gasteiger partial charge in [0.05, 0.1) is 6.61 Å². The van der Waals surface area contributed by atoms with E-state index in [4.69, 9.17) is 11.3 Å². The zero-order valence-electron chi connectivity index (χ0n) is 12.5. The van der Waals surface area contributed by atoms with Gasteiger partial charge in [0.2, 0.25) is 6.54 Å². The summed E-state index contributed by atoms with van der Waals surface area (Å²) in [4.78, 5) is 13.9. The minimum atomic E-state index is -0.341. The van der Waals surface area contributed by atoms with E-state index in [9.17, 15) is 4.79 Å². The summed E-state index contributed by atoms with van der Waals surface area (Å²) in [5.41, 5.74) is 0.0820. The Hall–Kier alpha value is -1.30. The Labute approximate surface area is 112 Å². The Morgan fingerprint density at radius 1 is 1.50 bits per heavy atom. The first-order chi connectivity index (χ1) is 8.32. The summed E-state index contributed by atoms with van der Waals surface area (Å²) < 4.78 is 4.89. The fraction of sp³-hybridized carbons (Fsp3) is 0.733. The maximum absolute atomic E-state index is 10.6. The van der Waals surface area contributed by atoms with E-state index in [0.29, 0.717) is 19.1 Å². The monoisotopic (exact) mass is 253 g/mol. The Bertz CT molecular complexity index is 277. The Morgan fingerprint density at radius 3 is 2.33 bits per heavy atom. The summed E-state index contributed by atoms with van der Waals surface area (Å²) in [5.74, 6) is 0.254. The molecule has 0 aromatic carbocycles. The van der Waals surface area contributed by atoms with Gasteiger partial charge in [-0.2, -0.15) is 0 Å². The van der Waals surface area contributed by atoms with Gasteiger partial charge in [-0.3, -0.25) is 0 Å². The highest BCUT2D eigenvalue weighted by Crippen LogP contribution is 2.19. The summed E-state index contributed by atoms with van der Waals surface area (Å²) in [6, 6.07) is 0. The number of hydrogen-bond donors (Lipinski definition) is 0. The molecule has 1 unspecified atom stereocenters. The quantitative estimate of drug-likeness (QED) is 0.405. The van der Waals surface area contributed by atoms with Crippen LogP contribution in [0.5, 0.6) is 0 Å². The van der Waals surface area contributed by atoms with Crippen molar-refractivity contribution in [1.82, 2.24) is 0 Å². The Balaban J connectivity index is 0. The lowest BCUT2D eigenvalue weighted by Gasteiger charge is -2.21. The first-order valence-electron chi connectivity index (χ1n) is 6.45. The number of rotatable bonds is 6. The number of ether oxygens (including phenoxy) is 1. The molecule has 3 heteroatoms. The topological polar surface area (TPSA) is 30.7 Å². The van der Waals surface area contributed by atoms with Gasteiger partial charge in [-0.25, -0.2) is 11.4 Å². The van der Waals surface area contributed by atoms with Crippen LogP contribution in [0.2, 0.25) is 0 Å². The summed E-state index contributed by atoms with van der Waals surface area (Å²) in [7, 11) is 0. The first-order valence-corrected chi connectivity index (χ1v) is 6.45. The van der Waals surface area contributed by atoms with Gasteiger partial charge in [-0.05, 0) is 18.3 Å². The second-order valence-corrected chi connectivity index (χ2v) is 5.18. The highest BCUT2D eigenvalue weighted by atomic mass is 16.5. The molecule has 0 radical (unpaired) electrons. The maximum atomic E-state index is 10.6. The minimum Gasteiger partial charge on any atom is -0.462 e. The minimum absolute atomic E-state index is 0.0820. The lowest BCUT2D eigenvalue weighted by Crippen LogP contribution is -2.19. The second kappa shape index (κ2) is 10.8. The van der Waals surface area contributed by atoms with Gasteiger partial charge < -0.3 is 9.58 Å². The molecule has 0 rings (SSSR count). The smallest absolute Gasteiger partial charge is 0.330 e. The fourth-order valence-corrected chi connectivity index (χ4v) is 0.712. The highest BCUT2D eigenvalue weighted by molar-refractivity contribution is 5.81. The SMILES string of the molecule is C=CC(=O)OCC(C)(C)CC.[C-]#[N+]CC(C)CC. The standard InChI is InChI=1S/C9H16O2.C6H11N/c1-5-8(10)11-7-9(3,4)6-2;1-4-6(2)5-7-3/h5H,1,6-7H2,2-4H3;6H,4-5H2,1-2H3. The molecule has 0 aromatic heterocycles. The average molecular weight is 253 g/mol. The van der Waals surface area contributed by atoms with E-state index in [2.05, 4.69) is 46.0 Å². The molecule has 3 nitrogen and oxygen atoms in total. The molecule has 0 heterocycles. The molecule has 0 aromatic rings. The Kier molecular flexibility index (Phi) is 11.5. The van der Waals surface area contributed by atoms with Crippen molar-refractivity contribution in [2.45, 2.75) is 47.5 Å². The van der Waals surface area contributed by atoms with Gasteiger partial charge in [0.15, 0.2) is 0 Å². The maximum Gasteiger partial charge on any atom is 0.330 e. The van der Waals surface area contributed by atoms with Crippen LogP contribution in [0.1, 0.15) is 47.5 Å². The molecule has 0 saturated heterocycles. The van der Waals surface area contributed by atoms with Crippen LogP contribution in [0.3, 0.4) is 0 Å². The third-order valence-electron chi connectivity index (χ3n) is 2.83. The van der Waals surface area contributed by atoms with Crippen LogP contribution in [0.15, 0.2) is 12.7 Å². The van der Waals surface area contributed by atoms with Crippen LogP contribution in [-0.2, 0) is 9.53 Å². The number of hydrogen-bond acceptors (Lipinski definition) is 2. The molecule has 18 heavy (non-hydrogen) atoms. The van der Waals surface area contributed by atoms with Crippen LogP contribution in [0.4, 0.5) is 0 Å². The zero-order chi connectivity index (χ0) is 14.6. The summed E-state index contributed by atoms with van der Waals surface area (Å²) >= 11 is 0. The number of esters is 1. The lowest BCUT2D eigenvalue weighted by atomic mass is 9.92. The van der Waals surface area contributed by atoms with E-state index in [0.717, 1.165) is 12.8 Å². The summed E-state index contributed by atoms with van der Waals surface area (Å²) in [6.45, 7) is 21.3. The predicted octanol–water partition coefficient (Wildman–Crippen LogP) is 4.10. The number of carbonyl (C=O) groups is 1. The molecular formula is C15H27NO2.